The molecule has 8 nitrogen and oxygen atoms in total. The zero-order chi connectivity index (χ0) is 23.4. The van der Waals surface area contributed by atoms with Crippen molar-refractivity contribution < 1.29 is 17.9 Å². The Balaban J connectivity index is 1.55. The van der Waals surface area contributed by atoms with E-state index in [2.05, 4.69) is 15.0 Å². The molecule has 0 aliphatic carbocycles. The number of carbonyl (C=O) groups is 1. The molecule has 0 aliphatic rings. The Hall–Kier alpha value is -3.82. The summed E-state index contributed by atoms with van der Waals surface area (Å²) in [7, 11) is -2.65. The van der Waals surface area contributed by atoms with Crippen molar-refractivity contribution in [3.63, 3.8) is 0 Å². The molecule has 1 heterocycles. The molecule has 0 aliphatic heterocycles. The Bertz CT molecular complexity index is 1390. The van der Waals surface area contributed by atoms with E-state index in [1.54, 1.807) is 48.9 Å². The minimum atomic E-state index is -4.09. The van der Waals surface area contributed by atoms with Crippen molar-refractivity contribution >= 4 is 38.9 Å². The van der Waals surface area contributed by atoms with Gasteiger partial charge >= 0.3 is 0 Å². The van der Waals surface area contributed by atoms with Gasteiger partial charge in [-0.15, -0.1) is 0 Å². The molecular formula is C23H19ClN4O4S. The number of halogens is 1. The molecule has 10 heteroatoms. The summed E-state index contributed by atoms with van der Waals surface area (Å²) in [5, 5.41) is 2.74. The number of nitrogens with zero attached hydrogens (tertiary/aromatic N) is 2. The smallest absolute Gasteiger partial charge is 0.263 e. The molecule has 1 amide bonds. The highest BCUT2D eigenvalue weighted by molar-refractivity contribution is 7.92. The number of aromatic nitrogens is 2. The van der Waals surface area contributed by atoms with Gasteiger partial charge in [0.25, 0.3) is 15.9 Å². The predicted octanol–water partition coefficient (Wildman–Crippen LogP) is 4.59. The number of benzene rings is 3. The van der Waals surface area contributed by atoms with Gasteiger partial charge in [0.15, 0.2) is 0 Å². The fourth-order valence-corrected chi connectivity index (χ4v) is 4.71. The molecule has 0 bridgehead atoms. The molecule has 0 radical (unpaired) electrons. The molecule has 168 valence electrons. The quantitative estimate of drug-likeness (QED) is 0.401. The van der Waals surface area contributed by atoms with Crippen LogP contribution in [0.25, 0.3) is 5.69 Å². The number of ether oxygens (including phenoxy) is 1. The lowest BCUT2D eigenvalue weighted by Gasteiger charge is -2.13. The summed E-state index contributed by atoms with van der Waals surface area (Å²) in [5.41, 5.74) is 1.82. The first-order valence-corrected chi connectivity index (χ1v) is 11.6. The van der Waals surface area contributed by atoms with Gasteiger partial charge < -0.3 is 14.6 Å². The largest absolute Gasteiger partial charge is 0.495 e. The van der Waals surface area contributed by atoms with Crippen LogP contribution in [0.3, 0.4) is 0 Å². The molecule has 4 aromatic rings. The Morgan fingerprint density at radius 3 is 2.52 bits per heavy atom. The van der Waals surface area contributed by atoms with Crippen LogP contribution in [-0.4, -0.2) is 31.0 Å². The first kappa shape index (κ1) is 22.4. The summed E-state index contributed by atoms with van der Waals surface area (Å²) in [6, 6.07) is 17.8. The van der Waals surface area contributed by atoms with Gasteiger partial charge in [-0.25, -0.2) is 13.4 Å². The number of hydrogen-bond acceptors (Lipinski definition) is 5. The molecule has 1 aromatic heterocycles. The minimum Gasteiger partial charge on any atom is -0.495 e. The second-order valence-electron chi connectivity index (χ2n) is 6.92. The SMILES string of the molecule is COc1ccccc1NS(=O)(=O)c1cc(C(=O)Nc2ccc(-n3ccnc3)cc2)ccc1Cl. The highest BCUT2D eigenvalue weighted by Crippen LogP contribution is 2.29. The van der Waals surface area contributed by atoms with Crippen LogP contribution in [-0.2, 0) is 10.0 Å². The number of nitrogens with one attached hydrogen (secondary N) is 2. The molecule has 4 rings (SSSR count). The Labute approximate surface area is 195 Å². The maximum Gasteiger partial charge on any atom is 0.263 e. The van der Waals surface area contributed by atoms with Crippen LogP contribution >= 0.6 is 11.6 Å². The first-order valence-electron chi connectivity index (χ1n) is 9.72. The van der Waals surface area contributed by atoms with Crippen molar-refractivity contribution in [3.8, 4) is 11.4 Å². The van der Waals surface area contributed by atoms with Crippen LogP contribution in [0.2, 0.25) is 5.02 Å². The van der Waals surface area contributed by atoms with Crippen LogP contribution in [0.1, 0.15) is 10.4 Å². The molecule has 0 fully saturated rings. The zero-order valence-corrected chi connectivity index (χ0v) is 19.0. The zero-order valence-electron chi connectivity index (χ0n) is 17.4. The fourth-order valence-electron chi connectivity index (χ4n) is 3.11. The first-order chi connectivity index (χ1) is 15.9. The monoisotopic (exact) mass is 482 g/mol. The number of amides is 1. The predicted molar refractivity (Wildman–Crippen MR) is 127 cm³/mol. The van der Waals surface area contributed by atoms with Gasteiger partial charge in [-0.05, 0) is 54.6 Å². The van der Waals surface area contributed by atoms with Crippen LogP contribution in [0.5, 0.6) is 5.75 Å². The Kier molecular flexibility index (Phi) is 6.34. The standard InChI is InChI=1S/C23H19ClN4O4S/c1-32-21-5-3-2-4-20(21)27-33(30,31)22-14-16(6-11-19(22)24)23(29)26-17-7-9-18(10-8-17)28-13-12-25-15-28/h2-15,27H,1H3,(H,26,29). The third kappa shape index (κ3) is 5.00. The van der Waals surface area contributed by atoms with Crippen LogP contribution in [0, 0.1) is 0 Å². The van der Waals surface area contributed by atoms with E-state index in [9.17, 15) is 13.2 Å². The summed E-state index contributed by atoms with van der Waals surface area (Å²) in [5.74, 6) is -0.124. The number of imidazole rings is 1. The van der Waals surface area contributed by atoms with E-state index in [1.165, 1.54) is 25.3 Å². The summed E-state index contributed by atoms with van der Waals surface area (Å²) >= 11 is 6.16. The molecule has 0 atom stereocenters. The van der Waals surface area contributed by atoms with Crippen molar-refractivity contribution in [1.29, 1.82) is 0 Å². The Morgan fingerprint density at radius 1 is 1.06 bits per heavy atom. The van der Waals surface area contributed by atoms with E-state index in [0.717, 1.165) is 5.69 Å². The second-order valence-corrected chi connectivity index (χ2v) is 8.98. The minimum absolute atomic E-state index is 0.0152. The molecule has 2 N–H and O–H groups in total. The average molecular weight is 483 g/mol. The number of para-hydroxylation sites is 2. The van der Waals surface area contributed by atoms with Crippen LogP contribution < -0.4 is 14.8 Å². The molecule has 0 saturated carbocycles. The number of hydrogen-bond donors (Lipinski definition) is 2. The van der Waals surface area contributed by atoms with E-state index in [0.29, 0.717) is 11.4 Å². The van der Waals surface area contributed by atoms with Gasteiger partial charge in [-0.1, -0.05) is 23.7 Å². The number of rotatable bonds is 7. The van der Waals surface area contributed by atoms with E-state index in [-0.39, 0.29) is 21.2 Å². The van der Waals surface area contributed by atoms with Gasteiger partial charge in [0.05, 0.1) is 24.1 Å². The molecule has 33 heavy (non-hydrogen) atoms. The van der Waals surface area contributed by atoms with Crippen molar-refractivity contribution in [2.75, 3.05) is 17.1 Å². The summed E-state index contributed by atoms with van der Waals surface area (Å²) in [6.07, 6.45) is 5.15. The van der Waals surface area contributed by atoms with E-state index < -0.39 is 15.9 Å². The summed E-state index contributed by atoms with van der Waals surface area (Å²) < 4.78 is 35.4. The maximum absolute atomic E-state index is 13.0. The Morgan fingerprint density at radius 2 is 1.82 bits per heavy atom. The highest BCUT2D eigenvalue weighted by atomic mass is 35.5. The van der Waals surface area contributed by atoms with Gasteiger partial charge in [0, 0.05) is 29.3 Å². The third-order valence-corrected chi connectivity index (χ3v) is 6.61. The van der Waals surface area contributed by atoms with Crippen LogP contribution in [0.4, 0.5) is 11.4 Å². The molecule has 0 saturated heterocycles. The van der Waals surface area contributed by atoms with E-state index in [1.807, 2.05) is 22.9 Å². The second kappa shape index (κ2) is 9.35. The number of methoxy groups -OCH3 is 1. The van der Waals surface area contributed by atoms with Crippen LogP contribution in [0.15, 0.2) is 90.3 Å². The van der Waals surface area contributed by atoms with Gasteiger partial charge in [0.1, 0.15) is 10.6 Å². The van der Waals surface area contributed by atoms with E-state index >= 15 is 0 Å². The topological polar surface area (TPSA) is 102 Å². The lowest BCUT2D eigenvalue weighted by molar-refractivity contribution is 0.102. The van der Waals surface area contributed by atoms with Crippen molar-refractivity contribution in [2.45, 2.75) is 4.90 Å². The van der Waals surface area contributed by atoms with Crippen molar-refractivity contribution in [1.82, 2.24) is 9.55 Å². The summed E-state index contributed by atoms with van der Waals surface area (Å²) in [6.45, 7) is 0. The number of sulfonamides is 1. The lowest BCUT2D eigenvalue weighted by atomic mass is 10.2. The molecule has 0 spiro atoms. The third-order valence-electron chi connectivity index (χ3n) is 4.76. The number of carbonyl (C=O) groups excluding carboxylic acids is 1. The van der Waals surface area contributed by atoms with Gasteiger partial charge in [-0.3, -0.25) is 9.52 Å². The van der Waals surface area contributed by atoms with Gasteiger partial charge in [0.2, 0.25) is 0 Å². The van der Waals surface area contributed by atoms with Gasteiger partial charge in [-0.2, -0.15) is 0 Å². The highest BCUT2D eigenvalue weighted by Gasteiger charge is 2.22. The normalized spacial score (nSPS) is 11.1. The van der Waals surface area contributed by atoms with Crippen molar-refractivity contribution in [2.24, 2.45) is 0 Å². The molecule has 3 aromatic carbocycles. The molecule has 0 unspecified atom stereocenters. The van der Waals surface area contributed by atoms with Crippen molar-refractivity contribution in [3.05, 3.63) is 96.0 Å². The molecular weight excluding hydrogens is 464 g/mol. The summed E-state index contributed by atoms with van der Waals surface area (Å²) in [4.78, 5) is 16.5. The lowest BCUT2D eigenvalue weighted by Crippen LogP contribution is -2.17. The average Bonchev–Trinajstić information content (AvgIpc) is 3.35. The fraction of sp³-hybridized carbons (Fsp3) is 0.0435. The maximum atomic E-state index is 13.0. The number of anilines is 2. The van der Waals surface area contributed by atoms with E-state index in [4.69, 9.17) is 16.3 Å².